The van der Waals surface area contributed by atoms with E-state index in [-0.39, 0.29) is 12.4 Å². The van der Waals surface area contributed by atoms with Crippen molar-refractivity contribution < 1.29 is 0 Å². The first-order chi connectivity index (χ1) is 7.31. The van der Waals surface area contributed by atoms with Crippen LogP contribution in [0.4, 0.5) is 0 Å². The van der Waals surface area contributed by atoms with Crippen molar-refractivity contribution >= 4 is 23.7 Å². The molecule has 2 rings (SSSR count). The largest absolute Gasteiger partial charge is 0.329 e. The average Bonchev–Trinajstić information content (AvgIpc) is 2.71. The maximum Gasteiger partial charge on any atom is 0.0331 e. The SMILES string of the molecule is CC1CCCN(Cc2cccs2)C1CN.Cl. The first-order valence-electron chi connectivity index (χ1n) is 5.77. The van der Waals surface area contributed by atoms with E-state index in [1.54, 1.807) is 0 Å². The second-order valence-electron chi connectivity index (χ2n) is 4.47. The van der Waals surface area contributed by atoms with Gasteiger partial charge in [-0.1, -0.05) is 13.0 Å². The third kappa shape index (κ3) is 3.20. The van der Waals surface area contributed by atoms with Crippen LogP contribution in [-0.2, 0) is 6.54 Å². The Morgan fingerprint density at radius 2 is 2.38 bits per heavy atom. The van der Waals surface area contributed by atoms with Gasteiger partial charge in [0.1, 0.15) is 0 Å². The van der Waals surface area contributed by atoms with Gasteiger partial charge in [0.2, 0.25) is 0 Å². The number of halogens is 1. The van der Waals surface area contributed by atoms with Crippen LogP contribution in [-0.4, -0.2) is 24.0 Å². The number of thiophene rings is 1. The average molecular weight is 261 g/mol. The molecule has 0 amide bonds. The van der Waals surface area contributed by atoms with Crippen LogP contribution in [0, 0.1) is 5.92 Å². The summed E-state index contributed by atoms with van der Waals surface area (Å²) >= 11 is 1.85. The van der Waals surface area contributed by atoms with Crippen molar-refractivity contribution in [3.63, 3.8) is 0 Å². The number of nitrogens with two attached hydrogens (primary N) is 1. The normalized spacial score (nSPS) is 26.4. The zero-order valence-corrected chi connectivity index (χ0v) is 11.4. The van der Waals surface area contributed by atoms with Crippen molar-refractivity contribution in [1.29, 1.82) is 0 Å². The van der Waals surface area contributed by atoms with E-state index in [4.69, 9.17) is 5.73 Å². The zero-order chi connectivity index (χ0) is 10.7. The van der Waals surface area contributed by atoms with Crippen molar-refractivity contribution in [1.82, 2.24) is 4.90 Å². The minimum Gasteiger partial charge on any atom is -0.329 e. The Kier molecular flexibility index (Phi) is 5.76. The third-order valence-corrected chi connectivity index (χ3v) is 4.27. The summed E-state index contributed by atoms with van der Waals surface area (Å²) in [6.07, 6.45) is 2.66. The van der Waals surface area contributed by atoms with E-state index in [2.05, 4.69) is 29.3 Å². The van der Waals surface area contributed by atoms with Crippen molar-refractivity contribution in [2.45, 2.75) is 32.4 Å². The van der Waals surface area contributed by atoms with E-state index < -0.39 is 0 Å². The molecule has 92 valence electrons. The Morgan fingerprint density at radius 3 is 3.00 bits per heavy atom. The minimum atomic E-state index is 0. The number of rotatable bonds is 3. The van der Waals surface area contributed by atoms with Gasteiger partial charge < -0.3 is 5.73 Å². The monoisotopic (exact) mass is 260 g/mol. The predicted molar refractivity (Wildman–Crippen MR) is 73.2 cm³/mol. The molecular weight excluding hydrogens is 240 g/mol. The molecule has 0 radical (unpaired) electrons. The molecule has 1 fully saturated rings. The van der Waals surface area contributed by atoms with Gasteiger partial charge in [0.15, 0.2) is 0 Å². The zero-order valence-electron chi connectivity index (χ0n) is 9.76. The summed E-state index contributed by atoms with van der Waals surface area (Å²) in [6.45, 7) is 5.43. The highest BCUT2D eigenvalue weighted by Crippen LogP contribution is 2.25. The minimum absolute atomic E-state index is 0. The van der Waals surface area contributed by atoms with Crippen molar-refractivity contribution in [2.75, 3.05) is 13.1 Å². The smallest absolute Gasteiger partial charge is 0.0331 e. The molecule has 4 heteroatoms. The highest BCUT2D eigenvalue weighted by Gasteiger charge is 2.27. The molecular formula is C12H21ClN2S. The summed E-state index contributed by atoms with van der Waals surface area (Å²) in [5.41, 5.74) is 5.87. The summed E-state index contributed by atoms with van der Waals surface area (Å²) in [4.78, 5) is 4.02. The Hall–Kier alpha value is -0.0900. The number of hydrogen-bond donors (Lipinski definition) is 1. The highest BCUT2D eigenvalue weighted by molar-refractivity contribution is 7.09. The Bertz CT molecular complexity index is 289. The molecule has 0 aliphatic carbocycles. The molecule has 1 saturated heterocycles. The maximum atomic E-state index is 5.87. The molecule has 1 aromatic rings. The molecule has 0 saturated carbocycles. The first kappa shape index (κ1) is 14.0. The molecule has 0 aromatic carbocycles. The van der Waals surface area contributed by atoms with Gasteiger partial charge in [-0.3, -0.25) is 4.90 Å². The van der Waals surface area contributed by atoms with Crippen molar-refractivity contribution in [2.24, 2.45) is 11.7 Å². The Morgan fingerprint density at radius 1 is 1.56 bits per heavy atom. The van der Waals surface area contributed by atoms with Crippen LogP contribution in [0.5, 0.6) is 0 Å². The fraction of sp³-hybridized carbons (Fsp3) is 0.667. The lowest BCUT2D eigenvalue weighted by atomic mass is 9.91. The third-order valence-electron chi connectivity index (χ3n) is 3.41. The quantitative estimate of drug-likeness (QED) is 0.906. The predicted octanol–water partition coefficient (Wildman–Crippen LogP) is 2.73. The summed E-state index contributed by atoms with van der Waals surface area (Å²) in [5.74, 6) is 0.753. The number of nitrogens with zero attached hydrogens (tertiary/aromatic N) is 1. The first-order valence-corrected chi connectivity index (χ1v) is 6.65. The van der Waals surface area contributed by atoms with Crippen LogP contribution in [0.3, 0.4) is 0 Å². The van der Waals surface area contributed by atoms with E-state index in [0.29, 0.717) is 6.04 Å². The van der Waals surface area contributed by atoms with Crippen molar-refractivity contribution in [3.8, 4) is 0 Å². The Balaban J connectivity index is 0.00000128. The van der Waals surface area contributed by atoms with Gasteiger partial charge in [0.05, 0.1) is 0 Å². The molecule has 0 bridgehead atoms. The summed E-state index contributed by atoms with van der Waals surface area (Å²) in [7, 11) is 0. The second-order valence-corrected chi connectivity index (χ2v) is 5.50. The van der Waals surface area contributed by atoms with E-state index in [1.165, 1.54) is 24.3 Å². The van der Waals surface area contributed by atoms with Crippen molar-refractivity contribution in [3.05, 3.63) is 22.4 Å². The lowest BCUT2D eigenvalue weighted by molar-refractivity contribution is 0.100. The van der Waals surface area contributed by atoms with Crippen LogP contribution in [0.2, 0.25) is 0 Å². The van der Waals surface area contributed by atoms with Gasteiger partial charge in [0.25, 0.3) is 0 Å². The molecule has 0 spiro atoms. The molecule has 2 atom stereocenters. The second kappa shape index (κ2) is 6.60. The van der Waals surface area contributed by atoms with Gasteiger partial charge in [-0.25, -0.2) is 0 Å². The molecule has 1 aliphatic heterocycles. The highest BCUT2D eigenvalue weighted by atomic mass is 35.5. The molecule has 2 N–H and O–H groups in total. The lowest BCUT2D eigenvalue weighted by Crippen LogP contribution is -2.47. The van der Waals surface area contributed by atoms with Gasteiger partial charge in [-0.15, -0.1) is 23.7 Å². The molecule has 16 heavy (non-hydrogen) atoms. The molecule has 1 aromatic heterocycles. The summed E-state index contributed by atoms with van der Waals surface area (Å²) in [6, 6.07) is 4.93. The van der Waals surface area contributed by atoms with Crippen LogP contribution in [0.1, 0.15) is 24.6 Å². The van der Waals surface area contributed by atoms with Gasteiger partial charge in [-0.05, 0) is 36.8 Å². The van der Waals surface area contributed by atoms with Gasteiger partial charge >= 0.3 is 0 Å². The summed E-state index contributed by atoms with van der Waals surface area (Å²) in [5, 5.41) is 2.15. The summed E-state index contributed by atoms with van der Waals surface area (Å²) < 4.78 is 0. The number of likely N-dealkylation sites (tertiary alicyclic amines) is 1. The topological polar surface area (TPSA) is 29.3 Å². The van der Waals surface area contributed by atoms with Crippen LogP contribution < -0.4 is 5.73 Å². The lowest BCUT2D eigenvalue weighted by Gasteiger charge is -2.39. The number of piperidine rings is 1. The van der Waals surface area contributed by atoms with Gasteiger partial charge in [0, 0.05) is 24.0 Å². The van der Waals surface area contributed by atoms with E-state index >= 15 is 0 Å². The molecule has 1 aliphatic rings. The van der Waals surface area contributed by atoms with E-state index in [9.17, 15) is 0 Å². The van der Waals surface area contributed by atoms with Gasteiger partial charge in [-0.2, -0.15) is 0 Å². The van der Waals surface area contributed by atoms with Crippen LogP contribution >= 0.6 is 23.7 Å². The van der Waals surface area contributed by atoms with E-state index in [0.717, 1.165) is 19.0 Å². The standard InChI is InChI=1S/C12H20N2S.ClH/c1-10-4-2-6-14(12(10)8-13)9-11-5-3-7-15-11;/h3,5,7,10,12H,2,4,6,8-9,13H2,1H3;1H. The fourth-order valence-electron chi connectivity index (χ4n) is 2.51. The van der Waals surface area contributed by atoms with E-state index in [1.807, 2.05) is 11.3 Å². The van der Waals surface area contributed by atoms with Crippen LogP contribution in [0.25, 0.3) is 0 Å². The molecule has 2 nitrogen and oxygen atoms in total. The number of hydrogen-bond acceptors (Lipinski definition) is 3. The fourth-order valence-corrected chi connectivity index (χ4v) is 3.24. The van der Waals surface area contributed by atoms with Crippen LogP contribution in [0.15, 0.2) is 17.5 Å². The maximum absolute atomic E-state index is 5.87. The molecule has 2 heterocycles. The Labute approximate surface area is 108 Å². The molecule has 2 unspecified atom stereocenters.